The summed E-state index contributed by atoms with van der Waals surface area (Å²) in [4.78, 5) is 16.7. The minimum atomic E-state index is 0.104. The van der Waals surface area contributed by atoms with Gasteiger partial charge < -0.3 is 9.80 Å². The Kier molecular flexibility index (Phi) is 4.02. The van der Waals surface area contributed by atoms with Crippen molar-refractivity contribution in [2.45, 2.75) is 12.8 Å². The van der Waals surface area contributed by atoms with Crippen LogP contribution in [0.5, 0.6) is 0 Å². The molecule has 1 saturated heterocycles. The first-order valence-electron chi connectivity index (χ1n) is 6.59. The third-order valence-corrected chi connectivity index (χ3v) is 3.90. The monoisotopic (exact) mass is 246 g/mol. The van der Waals surface area contributed by atoms with E-state index in [1.807, 2.05) is 11.0 Å². The molecule has 0 radical (unpaired) electrons. The fraction of sp³-hybridized carbons (Fsp3) is 0.533. The number of carbonyl (C=O) groups excluding carboxylic acids is 1. The number of nitrogens with zero attached hydrogens (tertiary/aromatic N) is 2. The highest BCUT2D eigenvalue weighted by Gasteiger charge is 2.32. The molecule has 0 aromatic heterocycles. The number of piperazine rings is 1. The number of carbonyl (C=O) groups is 1. The van der Waals surface area contributed by atoms with Gasteiger partial charge in [-0.3, -0.25) is 4.79 Å². The van der Waals surface area contributed by atoms with Crippen LogP contribution in [-0.4, -0.2) is 48.9 Å². The molecule has 1 aliphatic heterocycles. The molecule has 0 spiro atoms. The molecule has 1 unspecified atom stereocenters. The molecular formula is C15H22N2O. The Bertz CT molecular complexity index is 389. The number of hydrogen-bond donors (Lipinski definition) is 0. The molecule has 3 nitrogen and oxygen atoms in total. The van der Waals surface area contributed by atoms with Crippen molar-refractivity contribution < 1.29 is 4.79 Å². The third-order valence-electron chi connectivity index (χ3n) is 3.90. The van der Waals surface area contributed by atoms with Crippen molar-refractivity contribution in [1.82, 2.24) is 9.80 Å². The van der Waals surface area contributed by atoms with E-state index < -0.39 is 0 Å². The van der Waals surface area contributed by atoms with Crippen LogP contribution in [0.3, 0.4) is 0 Å². The predicted molar refractivity (Wildman–Crippen MR) is 74.2 cm³/mol. The minimum absolute atomic E-state index is 0.104. The van der Waals surface area contributed by atoms with E-state index in [1.165, 1.54) is 5.57 Å². The lowest BCUT2D eigenvalue weighted by Crippen LogP contribution is -2.48. The van der Waals surface area contributed by atoms with Gasteiger partial charge >= 0.3 is 0 Å². The van der Waals surface area contributed by atoms with E-state index in [4.69, 9.17) is 0 Å². The summed E-state index contributed by atoms with van der Waals surface area (Å²) >= 11 is 0. The van der Waals surface area contributed by atoms with Crippen molar-refractivity contribution in [2.75, 3.05) is 33.2 Å². The summed E-state index contributed by atoms with van der Waals surface area (Å²) < 4.78 is 0. The van der Waals surface area contributed by atoms with Gasteiger partial charge in [-0.25, -0.2) is 0 Å². The Morgan fingerprint density at radius 3 is 2.56 bits per heavy atom. The molecule has 1 amide bonds. The summed E-state index contributed by atoms with van der Waals surface area (Å²) in [6.07, 6.45) is 5.41. The molecule has 0 aromatic carbocycles. The number of rotatable bonds is 2. The van der Waals surface area contributed by atoms with E-state index >= 15 is 0 Å². The third kappa shape index (κ3) is 2.72. The summed E-state index contributed by atoms with van der Waals surface area (Å²) in [5.41, 5.74) is 2.29. The molecule has 2 fully saturated rings. The summed E-state index contributed by atoms with van der Waals surface area (Å²) in [6.45, 7) is 11.4. The molecular weight excluding hydrogens is 224 g/mol. The highest BCUT2D eigenvalue weighted by Crippen LogP contribution is 2.35. The lowest BCUT2D eigenvalue weighted by atomic mass is 10.1. The van der Waals surface area contributed by atoms with E-state index in [2.05, 4.69) is 25.1 Å². The van der Waals surface area contributed by atoms with Gasteiger partial charge in [-0.2, -0.15) is 0 Å². The van der Waals surface area contributed by atoms with Crippen molar-refractivity contribution in [2.24, 2.45) is 5.92 Å². The van der Waals surface area contributed by atoms with Crippen molar-refractivity contribution in [3.63, 3.8) is 0 Å². The standard InChI is InChI=1S/C15H22N2O/c1-4-5-13-11-14(10-12(13)2)15(18)17-8-6-16(3)7-9-17/h4-5,14H,1-2,6-11H2,3H3. The maximum Gasteiger partial charge on any atom is 0.226 e. The Labute approximate surface area is 109 Å². The zero-order chi connectivity index (χ0) is 13.1. The number of amides is 1. The van der Waals surface area contributed by atoms with E-state index in [1.54, 1.807) is 6.08 Å². The van der Waals surface area contributed by atoms with Crippen LogP contribution in [0.1, 0.15) is 12.8 Å². The molecule has 2 aliphatic rings. The molecule has 3 heteroatoms. The Balaban J connectivity index is 1.97. The highest BCUT2D eigenvalue weighted by molar-refractivity contribution is 5.81. The molecule has 1 saturated carbocycles. The fourth-order valence-corrected chi connectivity index (χ4v) is 2.70. The lowest BCUT2D eigenvalue weighted by Gasteiger charge is -2.33. The number of hydrogen-bond acceptors (Lipinski definition) is 2. The highest BCUT2D eigenvalue weighted by atomic mass is 16.2. The first kappa shape index (κ1) is 13.1. The van der Waals surface area contributed by atoms with Crippen LogP contribution >= 0.6 is 0 Å². The largest absolute Gasteiger partial charge is 0.340 e. The normalized spacial score (nSPS) is 27.8. The van der Waals surface area contributed by atoms with Gasteiger partial charge in [0, 0.05) is 32.1 Å². The second-order valence-corrected chi connectivity index (χ2v) is 5.26. The van der Waals surface area contributed by atoms with E-state index in [0.29, 0.717) is 5.91 Å². The van der Waals surface area contributed by atoms with Crippen molar-refractivity contribution in [3.8, 4) is 0 Å². The molecule has 0 aromatic rings. The van der Waals surface area contributed by atoms with Crippen LogP contribution in [0.25, 0.3) is 0 Å². The zero-order valence-electron chi connectivity index (χ0n) is 11.2. The summed E-state index contributed by atoms with van der Waals surface area (Å²) in [5, 5.41) is 0. The number of likely N-dealkylation sites (N-methyl/N-ethyl adjacent to an activating group) is 1. The van der Waals surface area contributed by atoms with Crippen LogP contribution in [0.15, 0.2) is 36.5 Å². The molecule has 1 aliphatic carbocycles. The van der Waals surface area contributed by atoms with E-state index in [9.17, 15) is 4.79 Å². The fourth-order valence-electron chi connectivity index (χ4n) is 2.70. The maximum atomic E-state index is 12.4. The smallest absolute Gasteiger partial charge is 0.226 e. The van der Waals surface area contributed by atoms with Crippen LogP contribution in [0.2, 0.25) is 0 Å². The molecule has 18 heavy (non-hydrogen) atoms. The first-order chi connectivity index (χ1) is 8.61. The molecule has 98 valence electrons. The van der Waals surface area contributed by atoms with Gasteiger partial charge in [0.05, 0.1) is 0 Å². The average molecular weight is 246 g/mol. The molecule has 0 bridgehead atoms. The first-order valence-corrected chi connectivity index (χ1v) is 6.59. The van der Waals surface area contributed by atoms with Crippen molar-refractivity contribution in [1.29, 1.82) is 0 Å². The van der Waals surface area contributed by atoms with Crippen molar-refractivity contribution in [3.05, 3.63) is 36.5 Å². The SMILES string of the molecule is C=CC=C1CC(C(=O)N2CCN(C)CC2)CC1=C. The minimum Gasteiger partial charge on any atom is -0.340 e. The van der Waals surface area contributed by atoms with Gasteiger partial charge in [-0.15, -0.1) is 0 Å². The van der Waals surface area contributed by atoms with Crippen molar-refractivity contribution >= 4 is 5.91 Å². The second kappa shape index (κ2) is 5.53. The molecule has 1 atom stereocenters. The van der Waals surface area contributed by atoms with Crippen LogP contribution in [0, 0.1) is 5.92 Å². The molecule has 2 rings (SSSR count). The van der Waals surface area contributed by atoms with Crippen LogP contribution in [-0.2, 0) is 4.79 Å². The Morgan fingerprint density at radius 2 is 1.94 bits per heavy atom. The summed E-state index contributed by atoms with van der Waals surface area (Å²) in [5.74, 6) is 0.406. The average Bonchev–Trinajstić information content (AvgIpc) is 2.72. The van der Waals surface area contributed by atoms with Gasteiger partial charge in [0.15, 0.2) is 0 Å². The number of allylic oxidation sites excluding steroid dienone is 4. The second-order valence-electron chi connectivity index (χ2n) is 5.26. The van der Waals surface area contributed by atoms with Gasteiger partial charge in [0.25, 0.3) is 0 Å². The molecule has 1 heterocycles. The van der Waals surface area contributed by atoms with Gasteiger partial charge in [0.2, 0.25) is 5.91 Å². The lowest BCUT2D eigenvalue weighted by molar-refractivity contribution is -0.136. The van der Waals surface area contributed by atoms with Gasteiger partial charge in [-0.1, -0.05) is 30.9 Å². The summed E-state index contributed by atoms with van der Waals surface area (Å²) in [6, 6.07) is 0. The van der Waals surface area contributed by atoms with Gasteiger partial charge in [-0.05, 0) is 25.5 Å². The van der Waals surface area contributed by atoms with Crippen LogP contribution in [0.4, 0.5) is 0 Å². The Morgan fingerprint density at radius 1 is 1.28 bits per heavy atom. The van der Waals surface area contributed by atoms with Gasteiger partial charge in [0.1, 0.15) is 0 Å². The predicted octanol–water partition coefficient (Wildman–Crippen LogP) is 1.84. The topological polar surface area (TPSA) is 23.6 Å². The quantitative estimate of drug-likeness (QED) is 0.742. The summed E-state index contributed by atoms with van der Waals surface area (Å²) in [7, 11) is 2.10. The Hall–Kier alpha value is -1.35. The van der Waals surface area contributed by atoms with E-state index in [0.717, 1.165) is 44.6 Å². The van der Waals surface area contributed by atoms with Crippen LogP contribution < -0.4 is 0 Å². The molecule has 0 N–H and O–H groups in total. The maximum absolute atomic E-state index is 12.4. The zero-order valence-corrected chi connectivity index (χ0v) is 11.2. The van der Waals surface area contributed by atoms with E-state index in [-0.39, 0.29) is 5.92 Å².